The van der Waals surface area contributed by atoms with Gasteiger partial charge in [0.2, 0.25) is 0 Å². The summed E-state index contributed by atoms with van der Waals surface area (Å²) in [6, 6.07) is 11.1. The van der Waals surface area contributed by atoms with Crippen LogP contribution in [-0.4, -0.2) is 19.1 Å². The molecule has 2 rings (SSSR count). The number of pyridine rings is 1. The Bertz CT molecular complexity index is 421. The molecule has 2 heteroatoms. The third-order valence-corrected chi connectivity index (χ3v) is 1.99. The summed E-state index contributed by atoms with van der Waals surface area (Å²) in [7, 11) is 3.97. The van der Waals surface area contributed by atoms with Crippen molar-refractivity contribution >= 4 is 16.6 Å². The Labute approximate surface area is 77.8 Å². The van der Waals surface area contributed by atoms with E-state index in [4.69, 9.17) is 0 Å². The van der Waals surface area contributed by atoms with Crippen molar-refractivity contribution < 1.29 is 0 Å². The van der Waals surface area contributed by atoms with E-state index in [1.165, 1.54) is 0 Å². The summed E-state index contributed by atoms with van der Waals surface area (Å²) < 4.78 is 0. The molecule has 1 aromatic carbocycles. The number of aromatic nitrogens is 1. The van der Waals surface area contributed by atoms with Crippen LogP contribution in [0.3, 0.4) is 0 Å². The highest BCUT2D eigenvalue weighted by Crippen LogP contribution is 2.16. The zero-order valence-electron chi connectivity index (χ0n) is 7.78. The number of rotatable bonds is 1. The maximum absolute atomic E-state index is 4.31. The molecule has 1 aromatic heterocycles. The van der Waals surface area contributed by atoms with Crippen molar-refractivity contribution in [2.75, 3.05) is 19.0 Å². The minimum atomic E-state index is 0.968. The zero-order chi connectivity index (χ0) is 9.26. The van der Waals surface area contributed by atoms with Crippen molar-refractivity contribution in [3.05, 3.63) is 36.5 Å². The Morgan fingerprint density at radius 1 is 1.38 bits per heavy atom. The lowest BCUT2D eigenvalue weighted by molar-refractivity contribution is 1.07. The molecule has 0 aliphatic rings. The van der Waals surface area contributed by atoms with Gasteiger partial charge in [0.05, 0.1) is 0 Å². The molecule has 0 amide bonds. The van der Waals surface area contributed by atoms with Crippen LogP contribution in [0.25, 0.3) is 10.8 Å². The lowest BCUT2D eigenvalue weighted by Gasteiger charge is -2.10. The summed E-state index contributed by atoms with van der Waals surface area (Å²) in [4.78, 5) is 6.30. The van der Waals surface area contributed by atoms with E-state index in [0.29, 0.717) is 0 Å². The van der Waals surface area contributed by atoms with Crippen LogP contribution in [0, 0.1) is 6.07 Å². The van der Waals surface area contributed by atoms with Gasteiger partial charge < -0.3 is 4.90 Å². The molecule has 2 aromatic rings. The SMILES string of the molecule is CN(C)c1cc2[c]cccc2cn1. The predicted octanol–water partition coefficient (Wildman–Crippen LogP) is 2.10. The van der Waals surface area contributed by atoms with Gasteiger partial charge in [-0.2, -0.15) is 0 Å². The maximum Gasteiger partial charge on any atom is 0.128 e. The highest BCUT2D eigenvalue weighted by Gasteiger charge is 1.98. The smallest absolute Gasteiger partial charge is 0.128 e. The van der Waals surface area contributed by atoms with Crippen LogP contribution in [0.5, 0.6) is 0 Å². The van der Waals surface area contributed by atoms with Gasteiger partial charge in [-0.25, -0.2) is 4.98 Å². The number of anilines is 1. The number of benzene rings is 1. The van der Waals surface area contributed by atoms with E-state index < -0.39 is 0 Å². The van der Waals surface area contributed by atoms with Crippen LogP contribution < -0.4 is 4.90 Å². The number of nitrogens with zero attached hydrogens (tertiary/aromatic N) is 2. The van der Waals surface area contributed by atoms with Gasteiger partial charge in [-0.1, -0.05) is 18.2 Å². The van der Waals surface area contributed by atoms with Crippen molar-refractivity contribution in [2.45, 2.75) is 0 Å². The average molecular weight is 171 g/mol. The third-order valence-electron chi connectivity index (χ3n) is 1.99. The Kier molecular flexibility index (Phi) is 1.89. The van der Waals surface area contributed by atoms with Gasteiger partial charge in [0.15, 0.2) is 0 Å². The maximum atomic E-state index is 4.31. The van der Waals surface area contributed by atoms with E-state index in [1.807, 2.05) is 49.5 Å². The van der Waals surface area contributed by atoms with E-state index in [2.05, 4.69) is 11.1 Å². The molecule has 1 heterocycles. The van der Waals surface area contributed by atoms with E-state index in [-0.39, 0.29) is 0 Å². The van der Waals surface area contributed by atoms with E-state index in [1.54, 1.807) is 0 Å². The van der Waals surface area contributed by atoms with Gasteiger partial charge in [-0.05, 0) is 17.5 Å². The molecule has 1 radical (unpaired) electrons. The van der Waals surface area contributed by atoms with Crippen LogP contribution in [-0.2, 0) is 0 Å². The van der Waals surface area contributed by atoms with Gasteiger partial charge in [0.1, 0.15) is 5.82 Å². The lowest BCUT2D eigenvalue weighted by atomic mass is 10.2. The van der Waals surface area contributed by atoms with Crippen LogP contribution in [0.4, 0.5) is 5.82 Å². The molecule has 0 unspecified atom stereocenters. The second-order valence-corrected chi connectivity index (χ2v) is 3.19. The molecule has 0 saturated carbocycles. The first-order valence-electron chi connectivity index (χ1n) is 4.21. The molecule has 0 spiro atoms. The second-order valence-electron chi connectivity index (χ2n) is 3.19. The minimum absolute atomic E-state index is 0.968. The summed E-state index contributed by atoms with van der Waals surface area (Å²) in [5, 5.41) is 2.24. The summed E-state index contributed by atoms with van der Waals surface area (Å²) in [5.74, 6) is 0.968. The Morgan fingerprint density at radius 2 is 2.23 bits per heavy atom. The Balaban J connectivity index is 2.62. The molecule has 0 saturated heterocycles. The molecule has 0 N–H and O–H groups in total. The molecule has 2 nitrogen and oxygen atoms in total. The van der Waals surface area contributed by atoms with Gasteiger partial charge in [-0.3, -0.25) is 0 Å². The lowest BCUT2D eigenvalue weighted by Crippen LogP contribution is -2.09. The number of hydrogen-bond donors (Lipinski definition) is 0. The van der Waals surface area contributed by atoms with Crippen molar-refractivity contribution in [1.29, 1.82) is 0 Å². The summed E-state index contributed by atoms with van der Waals surface area (Å²) >= 11 is 0. The van der Waals surface area contributed by atoms with Gasteiger partial charge in [-0.15, -0.1) is 0 Å². The second kappa shape index (κ2) is 3.05. The third kappa shape index (κ3) is 1.47. The van der Waals surface area contributed by atoms with Crippen LogP contribution in [0.1, 0.15) is 0 Å². The Morgan fingerprint density at radius 3 is 3.00 bits per heavy atom. The summed E-state index contributed by atoms with van der Waals surface area (Å²) in [5.41, 5.74) is 0. The highest BCUT2D eigenvalue weighted by atomic mass is 15.1. The topological polar surface area (TPSA) is 16.1 Å². The molecule has 0 atom stereocenters. The molecule has 0 aliphatic carbocycles. The first kappa shape index (κ1) is 8.05. The van der Waals surface area contributed by atoms with Crippen LogP contribution in [0.15, 0.2) is 30.5 Å². The fraction of sp³-hybridized carbons (Fsp3) is 0.182. The average Bonchev–Trinajstić information content (AvgIpc) is 2.17. The highest BCUT2D eigenvalue weighted by molar-refractivity contribution is 5.83. The van der Waals surface area contributed by atoms with E-state index >= 15 is 0 Å². The molecule has 13 heavy (non-hydrogen) atoms. The quantitative estimate of drug-likeness (QED) is 0.653. The minimum Gasteiger partial charge on any atom is -0.363 e. The summed E-state index contributed by atoms with van der Waals surface area (Å²) in [6.07, 6.45) is 1.88. The normalized spacial score (nSPS) is 10.3. The molecular weight excluding hydrogens is 160 g/mol. The number of fused-ring (bicyclic) bond motifs is 1. The van der Waals surface area contributed by atoms with E-state index in [0.717, 1.165) is 16.6 Å². The van der Waals surface area contributed by atoms with Crippen LogP contribution in [0.2, 0.25) is 0 Å². The first-order valence-corrected chi connectivity index (χ1v) is 4.21. The Hall–Kier alpha value is -1.57. The predicted molar refractivity (Wildman–Crippen MR) is 54.9 cm³/mol. The monoisotopic (exact) mass is 171 g/mol. The fourth-order valence-electron chi connectivity index (χ4n) is 1.25. The fourth-order valence-corrected chi connectivity index (χ4v) is 1.25. The van der Waals surface area contributed by atoms with Crippen molar-refractivity contribution in [1.82, 2.24) is 4.98 Å². The molecule has 0 bridgehead atoms. The van der Waals surface area contributed by atoms with Gasteiger partial charge in [0, 0.05) is 25.7 Å². The standard InChI is InChI=1S/C11H11N2/c1-13(2)11-7-9-5-3-4-6-10(9)8-12-11/h3-4,6-8H,1-2H3. The zero-order valence-corrected chi connectivity index (χ0v) is 7.78. The molecule has 0 fully saturated rings. The largest absolute Gasteiger partial charge is 0.363 e. The van der Waals surface area contributed by atoms with Crippen LogP contribution >= 0.6 is 0 Å². The number of hydrogen-bond acceptors (Lipinski definition) is 2. The molecule has 0 aliphatic heterocycles. The van der Waals surface area contributed by atoms with Crippen molar-refractivity contribution in [2.24, 2.45) is 0 Å². The van der Waals surface area contributed by atoms with Crippen molar-refractivity contribution in [3.63, 3.8) is 0 Å². The van der Waals surface area contributed by atoms with E-state index in [9.17, 15) is 0 Å². The van der Waals surface area contributed by atoms with Crippen molar-refractivity contribution in [3.8, 4) is 0 Å². The first-order chi connectivity index (χ1) is 6.27. The van der Waals surface area contributed by atoms with Gasteiger partial charge >= 0.3 is 0 Å². The summed E-state index contributed by atoms with van der Waals surface area (Å²) in [6.45, 7) is 0. The molecule has 65 valence electrons. The van der Waals surface area contributed by atoms with Gasteiger partial charge in [0.25, 0.3) is 0 Å². The molecular formula is C11H11N2.